The van der Waals surface area contributed by atoms with Crippen LogP contribution in [0.5, 0.6) is 5.75 Å². The van der Waals surface area contributed by atoms with E-state index in [-0.39, 0.29) is 17.9 Å². The summed E-state index contributed by atoms with van der Waals surface area (Å²) in [4.78, 5) is 23.7. The van der Waals surface area contributed by atoms with Crippen LogP contribution < -0.4 is 10.1 Å². The fraction of sp³-hybridized carbons (Fsp3) is 0.375. The number of cyclic esters (lactones) is 2. The molecule has 0 atom stereocenters. The first-order valence-corrected chi connectivity index (χ1v) is 7.17. The van der Waals surface area contributed by atoms with Gasteiger partial charge < -0.3 is 24.3 Å². The molecule has 8 heteroatoms. The largest absolute Gasteiger partial charge is 0.489 e. The number of benzene rings is 1. The molecule has 1 fully saturated rings. The smallest absolute Gasteiger partial charge is 0.350 e. The summed E-state index contributed by atoms with van der Waals surface area (Å²) < 4.78 is 33.7. The number of carbonyl (C=O) groups excluding carboxylic acids is 2. The summed E-state index contributed by atoms with van der Waals surface area (Å²) in [5.41, 5.74) is -0.0922. The minimum Gasteiger partial charge on any atom is -0.489 e. The van der Waals surface area contributed by atoms with E-state index in [4.69, 9.17) is 18.9 Å². The van der Waals surface area contributed by atoms with E-state index in [2.05, 4.69) is 5.32 Å². The average Bonchev–Trinajstić information content (AvgIpc) is 2.47. The summed E-state index contributed by atoms with van der Waals surface area (Å²) in [6, 6.07) is 3.82. The number of halogens is 1. The third-order valence-electron chi connectivity index (χ3n) is 2.98. The fourth-order valence-electron chi connectivity index (χ4n) is 1.90. The normalized spacial score (nSPS) is 16.2. The van der Waals surface area contributed by atoms with Crippen molar-refractivity contribution in [2.24, 2.45) is 0 Å². The van der Waals surface area contributed by atoms with Crippen LogP contribution in [0.25, 0.3) is 0 Å². The van der Waals surface area contributed by atoms with Crippen molar-refractivity contribution in [1.29, 1.82) is 0 Å². The Morgan fingerprint density at radius 3 is 2.50 bits per heavy atom. The highest BCUT2D eigenvalue weighted by atomic mass is 19.1. The zero-order valence-electron chi connectivity index (χ0n) is 13.6. The molecule has 0 amide bonds. The molecule has 130 valence electrons. The van der Waals surface area contributed by atoms with Gasteiger partial charge in [-0.2, -0.15) is 0 Å². The monoisotopic (exact) mass is 339 g/mol. The molecule has 1 saturated heterocycles. The number of anilines is 1. The molecular weight excluding hydrogens is 321 g/mol. The van der Waals surface area contributed by atoms with Crippen molar-refractivity contribution in [2.45, 2.75) is 19.6 Å². The van der Waals surface area contributed by atoms with E-state index in [0.717, 1.165) is 6.20 Å². The Kier molecular flexibility index (Phi) is 5.40. The lowest BCUT2D eigenvalue weighted by molar-refractivity contribution is -0.222. The van der Waals surface area contributed by atoms with Gasteiger partial charge in [0.05, 0.1) is 12.3 Å². The number of hydrogen-bond donors (Lipinski definition) is 1. The van der Waals surface area contributed by atoms with Crippen molar-refractivity contribution >= 4 is 17.6 Å². The third-order valence-corrected chi connectivity index (χ3v) is 2.98. The van der Waals surface area contributed by atoms with Crippen molar-refractivity contribution in [2.75, 3.05) is 25.6 Å². The van der Waals surface area contributed by atoms with Crippen LogP contribution in [0.15, 0.2) is 30.0 Å². The summed E-state index contributed by atoms with van der Waals surface area (Å²) >= 11 is 0. The second-order valence-electron chi connectivity index (χ2n) is 5.36. The maximum absolute atomic E-state index is 13.4. The molecule has 1 heterocycles. The molecule has 2 rings (SSSR count). The van der Waals surface area contributed by atoms with Crippen molar-refractivity contribution in [3.8, 4) is 5.75 Å². The van der Waals surface area contributed by atoms with E-state index in [9.17, 15) is 14.0 Å². The number of esters is 2. The van der Waals surface area contributed by atoms with Gasteiger partial charge in [-0.3, -0.25) is 0 Å². The van der Waals surface area contributed by atoms with E-state index in [1.165, 1.54) is 39.2 Å². The zero-order chi connectivity index (χ0) is 17.7. The molecule has 1 aromatic rings. The van der Waals surface area contributed by atoms with Crippen LogP contribution in [0.4, 0.5) is 10.1 Å². The first-order chi connectivity index (χ1) is 11.3. The molecule has 7 nitrogen and oxygen atoms in total. The molecular formula is C16H18FNO6. The lowest BCUT2D eigenvalue weighted by atomic mass is 10.2. The van der Waals surface area contributed by atoms with E-state index < -0.39 is 23.5 Å². The number of nitrogens with one attached hydrogen (secondary N) is 1. The first kappa shape index (κ1) is 17.7. The van der Waals surface area contributed by atoms with E-state index in [0.29, 0.717) is 12.4 Å². The molecule has 0 radical (unpaired) electrons. The van der Waals surface area contributed by atoms with Gasteiger partial charge in [0.25, 0.3) is 5.79 Å². The van der Waals surface area contributed by atoms with Gasteiger partial charge in [0.1, 0.15) is 18.2 Å². The standard InChI is InChI=1S/C16H18FNO6/c1-16(2)23-14(19)11(15(20)24-16)9-18-12-8-10(17)4-5-13(12)22-7-6-21-3/h4-5,8-9,18H,6-7H2,1-3H3. The molecule has 0 aliphatic carbocycles. The van der Waals surface area contributed by atoms with Crippen LogP contribution in [0.1, 0.15) is 13.8 Å². The summed E-state index contributed by atoms with van der Waals surface area (Å²) in [6.07, 6.45) is 1.10. The van der Waals surface area contributed by atoms with Crippen LogP contribution in [0.3, 0.4) is 0 Å². The Hall–Kier alpha value is -2.61. The van der Waals surface area contributed by atoms with Gasteiger partial charge in [0.15, 0.2) is 5.57 Å². The highest BCUT2D eigenvalue weighted by molar-refractivity contribution is 6.15. The Labute approximate surface area is 138 Å². The van der Waals surface area contributed by atoms with E-state index in [1.54, 1.807) is 0 Å². The Morgan fingerprint density at radius 1 is 1.21 bits per heavy atom. The van der Waals surface area contributed by atoms with Crippen molar-refractivity contribution < 1.29 is 32.9 Å². The highest BCUT2D eigenvalue weighted by Gasteiger charge is 2.38. The molecule has 0 saturated carbocycles. The molecule has 0 spiro atoms. The summed E-state index contributed by atoms with van der Waals surface area (Å²) in [7, 11) is 1.53. The number of methoxy groups -OCH3 is 1. The number of rotatable bonds is 6. The minimum atomic E-state index is -1.32. The maximum atomic E-state index is 13.4. The second-order valence-corrected chi connectivity index (χ2v) is 5.36. The van der Waals surface area contributed by atoms with Crippen molar-refractivity contribution in [3.05, 3.63) is 35.8 Å². The maximum Gasteiger partial charge on any atom is 0.350 e. The molecule has 0 aromatic heterocycles. The molecule has 1 N–H and O–H groups in total. The SMILES string of the molecule is COCCOc1ccc(F)cc1NC=C1C(=O)OC(C)(C)OC1=O. The highest BCUT2D eigenvalue weighted by Crippen LogP contribution is 2.27. The Bertz CT molecular complexity index is 649. The van der Waals surface area contributed by atoms with Gasteiger partial charge >= 0.3 is 11.9 Å². The number of ether oxygens (including phenoxy) is 4. The Balaban J connectivity index is 2.17. The van der Waals surface area contributed by atoms with Crippen molar-refractivity contribution in [3.63, 3.8) is 0 Å². The molecule has 1 aromatic carbocycles. The molecule has 1 aliphatic rings. The summed E-state index contributed by atoms with van der Waals surface area (Å²) in [5, 5.41) is 2.67. The minimum absolute atomic E-state index is 0.240. The zero-order valence-corrected chi connectivity index (χ0v) is 13.6. The Morgan fingerprint density at radius 2 is 1.88 bits per heavy atom. The van der Waals surface area contributed by atoms with E-state index >= 15 is 0 Å². The van der Waals surface area contributed by atoms with E-state index in [1.807, 2.05) is 0 Å². The third kappa shape index (κ3) is 4.45. The van der Waals surface area contributed by atoms with Gasteiger partial charge in [-0.05, 0) is 12.1 Å². The lowest BCUT2D eigenvalue weighted by Crippen LogP contribution is -2.42. The van der Waals surface area contributed by atoms with Crippen LogP contribution in [0, 0.1) is 5.82 Å². The van der Waals surface area contributed by atoms with Crippen LogP contribution >= 0.6 is 0 Å². The average molecular weight is 339 g/mol. The van der Waals surface area contributed by atoms with Crippen LogP contribution in [0.2, 0.25) is 0 Å². The van der Waals surface area contributed by atoms with Crippen molar-refractivity contribution in [1.82, 2.24) is 0 Å². The number of carbonyl (C=O) groups is 2. The molecule has 1 aliphatic heterocycles. The second kappa shape index (κ2) is 7.31. The number of hydrogen-bond acceptors (Lipinski definition) is 7. The quantitative estimate of drug-likeness (QED) is 0.367. The van der Waals surface area contributed by atoms with Gasteiger partial charge in [-0.1, -0.05) is 0 Å². The molecule has 24 heavy (non-hydrogen) atoms. The van der Waals surface area contributed by atoms with Gasteiger partial charge in [-0.25, -0.2) is 14.0 Å². The first-order valence-electron chi connectivity index (χ1n) is 7.17. The summed E-state index contributed by atoms with van der Waals surface area (Å²) in [6.45, 7) is 3.50. The van der Waals surface area contributed by atoms with Crippen LogP contribution in [-0.2, 0) is 23.8 Å². The lowest BCUT2D eigenvalue weighted by Gasteiger charge is -2.29. The summed E-state index contributed by atoms with van der Waals surface area (Å²) in [5.74, 6) is -3.16. The predicted octanol–water partition coefficient (Wildman–Crippen LogP) is 1.98. The van der Waals surface area contributed by atoms with Gasteiger partial charge in [0, 0.05) is 33.2 Å². The predicted molar refractivity (Wildman–Crippen MR) is 81.7 cm³/mol. The van der Waals surface area contributed by atoms with Gasteiger partial charge in [-0.15, -0.1) is 0 Å². The molecule has 0 bridgehead atoms. The van der Waals surface area contributed by atoms with Crippen LogP contribution in [-0.4, -0.2) is 38.0 Å². The topological polar surface area (TPSA) is 83.1 Å². The van der Waals surface area contributed by atoms with Gasteiger partial charge in [0.2, 0.25) is 0 Å². The fourth-order valence-corrected chi connectivity index (χ4v) is 1.90. The molecule has 0 unspecified atom stereocenters.